The summed E-state index contributed by atoms with van der Waals surface area (Å²) in [4.78, 5) is 0.213. The quantitative estimate of drug-likeness (QED) is 0.918. The second kappa shape index (κ2) is 6.14. The minimum Gasteiger partial charge on any atom is -0.496 e. The van der Waals surface area contributed by atoms with Crippen LogP contribution in [-0.4, -0.2) is 15.5 Å². The normalized spacial score (nSPS) is 12.4. The molecule has 2 aromatic rings. The molecule has 0 unspecified atom stereocenters. The van der Waals surface area contributed by atoms with Crippen molar-refractivity contribution < 1.29 is 17.6 Å². The maximum Gasteiger partial charge on any atom is 0.240 e. The number of furan rings is 1. The predicted molar refractivity (Wildman–Crippen MR) is 84.4 cm³/mol. The van der Waals surface area contributed by atoms with Crippen LogP contribution in [-0.2, 0) is 22.0 Å². The number of sulfonamides is 1. The molecule has 1 N–H and O–H groups in total. The third-order valence-corrected chi connectivity index (χ3v) is 4.70. The third-order valence-electron chi connectivity index (χ3n) is 3.31. The molecule has 5 nitrogen and oxygen atoms in total. The van der Waals surface area contributed by atoms with Crippen molar-refractivity contribution in [2.24, 2.45) is 0 Å². The van der Waals surface area contributed by atoms with E-state index in [0.717, 1.165) is 5.56 Å². The molecule has 0 radical (unpaired) electrons. The van der Waals surface area contributed by atoms with Crippen molar-refractivity contribution in [3.05, 3.63) is 47.9 Å². The molecule has 6 heteroatoms. The lowest BCUT2D eigenvalue weighted by Gasteiger charge is -2.22. The van der Waals surface area contributed by atoms with Crippen molar-refractivity contribution in [1.82, 2.24) is 4.72 Å². The second-order valence-corrected chi connectivity index (χ2v) is 7.78. The van der Waals surface area contributed by atoms with E-state index in [2.05, 4.69) is 4.72 Å². The van der Waals surface area contributed by atoms with E-state index in [-0.39, 0.29) is 16.9 Å². The topological polar surface area (TPSA) is 68.5 Å². The van der Waals surface area contributed by atoms with Gasteiger partial charge in [0.05, 0.1) is 24.8 Å². The van der Waals surface area contributed by atoms with E-state index in [0.29, 0.717) is 11.5 Å². The van der Waals surface area contributed by atoms with Gasteiger partial charge in [-0.15, -0.1) is 0 Å². The Balaban J connectivity index is 2.31. The van der Waals surface area contributed by atoms with Gasteiger partial charge in [-0.25, -0.2) is 13.1 Å². The fourth-order valence-corrected chi connectivity index (χ4v) is 3.12. The maximum absolute atomic E-state index is 12.4. The average Bonchev–Trinajstić information content (AvgIpc) is 2.97. The second-order valence-electron chi connectivity index (χ2n) is 6.02. The highest BCUT2D eigenvalue weighted by Crippen LogP contribution is 2.33. The van der Waals surface area contributed by atoms with Gasteiger partial charge in [0, 0.05) is 5.56 Å². The zero-order valence-electron chi connectivity index (χ0n) is 13.2. The van der Waals surface area contributed by atoms with Crippen molar-refractivity contribution in [2.45, 2.75) is 37.6 Å². The van der Waals surface area contributed by atoms with E-state index in [1.807, 2.05) is 20.8 Å². The van der Waals surface area contributed by atoms with E-state index in [1.54, 1.807) is 37.4 Å². The first kappa shape index (κ1) is 16.6. The Hall–Kier alpha value is -1.79. The van der Waals surface area contributed by atoms with Gasteiger partial charge < -0.3 is 9.15 Å². The molecule has 0 spiro atoms. The predicted octanol–water partition coefficient (Wildman–Crippen LogP) is 3.06. The molecule has 0 saturated carbocycles. The highest BCUT2D eigenvalue weighted by molar-refractivity contribution is 7.89. The highest BCUT2D eigenvalue weighted by Gasteiger charge is 2.23. The van der Waals surface area contributed by atoms with Crippen molar-refractivity contribution in [1.29, 1.82) is 0 Å². The smallest absolute Gasteiger partial charge is 0.240 e. The lowest BCUT2D eigenvalue weighted by molar-refractivity contribution is 0.397. The molecule has 1 aromatic carbocycles. The third kappa shape index (κ3) is 3.69. The molecular formula is C16H21NO4S. The zero-order valence-corrected chi connectivity index (χ0v) is 14.0. The number of methoxy groups -OCH3 is 1. The molecule has 22 heavy (non-hydrogen) atoms. The lowest BCUT2D eigenvalue weighted by Crippen LogP contribution is -2.24. The average molecular weight is 323 g/mol. The lowest BCUT2D eigenvalue weighted by atomic mass is 9.86. The van der Waals surface area contributed by atoms with Gasteiger partial charge in [-0.1, -0.05) is 20.8 Å². The Kier molecular flexibility index (Phi) is 4.63. The summed E-state index contributed by atoms with van der Waals surface area (Å²) in [6.45, 7) is 6.15. The van der Waals surface area contributed by atoms with E-state index in [9.17, 15) is 8.42 Å². The van der Waals surface area contributed by atoms with Crippen LogP contribution in [0.2, 0.25) is 0 Å². The largest absolute Gasteiger partial charge is 0.496 e. The number of benzene rings is 1. The van der Waals surface area contributed by atoms with Gasteiger partial charge in [0.2, 0.25) is 10.0 Å². The number of ether oxygens (including phenoxy) is 1. The van der Waals surface area contributed by atoms with E-state index >= 15 is 0 Å². The summed E-state index contributed by atoms with van der Waals surface area (Å²) in [7, 11) is -2.03. The first-order valence-corrected chi connectivity index (χ1v) is 8.43. The monoisotopic (exact) mass is 323 g/mol. The van der Waals surface area contributed by atoms with E-state index in [4.69, 9.17) is 9.15 Å². The van der Waals surface area contributed by atoms with Crippen LogP contribution in [0.4, 0.5) is 0 Å². The van der Waals surface area contributed by atoms with Gasteiger partial charge >= 0.3 is 0 Å². The summed E-state index contributed by atoms with van der Waals surface area (Å²) in [6, 6.07) is 8.32. The van der Waals surface area contributed by atoms with E-state index in [1.165, 1.54) is 6.26 Å². The molecular weight excluding hydrogens is 302 g/mol. The standard InChI is InChI=1S/C16H21NO4S/c1-16(2,3)14-10-13(7-8-15(14)20-4)22(18,19)17-11-12-6-5-9-21-12/h5-10,17H,11H2,1-4H3. The number of rotatable bonds is 5. The summed E-state index contributed by atoms with van der Waals surface area (Å²) in [5.74, 6) is 1.24. The van der Waals surface area contributed by atoms with Crippen LogP contribution in [0, 0.1) is 0 Å². The molecule has 0 saturated heterocycles. The molecule has 1 heterocycles. The first-order chi connectivity index (χ1) is 10.2. The Labute approximate surface area is 131 Å². The summed E-state index contributed by atoms with van der Waals surface area (Å²) in [6.07, 6.45) is 1.51. The minimum absolute atomic E-state index is 0.117. The van der Waals surface area contributed by atoms with E-state index < -0.39 is 10.0 Å². The summed E-state index contributed by atoms with van der Waals surface area (Å²) in [5.41, 5.74) is 0.619. The van der Waals surface area contributed by atoms with Crippen LogP contribution in [0.25, 0.3) is 0 Å². The molecule has 0 aliphatic rings. The SMILES string of the molecule is COc1ccc(S(=O)(=O)NCc2ccco2)cc1C(C)(C)C. The molecule has 1 aromatic heterocycles. The summed E-state index contributed by atoms with van der Waals surface area (Å²) < 4.78 is 37.8. The summed E-state index contributed by atoms with van der Waals surface area (Å²) >= 11 is 0. The molecule has 0 fully saturated rings. The Morgan fingerprint density at radius 3 is 2.50 bits per heavy atom. The summed E-state index contributed by atoms with van der Waals surface area (Å²) in [5, 5.41) is 0. The van der Waals surface area contributed by atoms with Crippen molar-refractivity contribution in [3.63, 3.8) is 0 Å². The molecule has 0 aliphatic heterocycles. The van der Waals surface area contributed by atoms with Crippen LogP contribution in [0.1, 0.15) is 32.1 Å². The van der Waals surface area contributed by atoms with Gasteiger partial charge in [0.1, 0.15) is 11.5 Å². The molecule has 0 bridgehead atoms. The van der Waals surface area contributed by atoms with Crippen LogP contribution in [0.5, 0.6) is 5.75 Å². The van der Waals surface area contributed by atoms with Crippen molar-refractivity contribution >= 4 is 10.0 Å². The van der Waals surface area contributed by atoms with Gasteiger partial charge in [-0.2, -0.15) is 0 Å². The maximum atomic E-state index is 12.4. The van der Waals surface area contributed by atoms with Gasteiger partial charge in [-0.05, 0) is 35.7 Å². The minimum atomic E-state index is -3.61. The van der Waals surface area contributed by atoms with Gasteiger partial charge in [0.15, 0.2) is 0 Å². The first-order valence-electron chi connectivity index (χ1n) is 6.94. The van der Waals surface area contributed by atoms with Gasteiger partial charge in [-0.3, -0.25) is 0 Å². The van der Waals surface area contributed by atoms with Crippen LogP contribution in [0.3, 0.4) is 0 Å². The molecule has 120 valence electrons. The molecule has 2 rings (SSSR count). The molecule has 0 aliphatic carbocycles. The number of nitrogens with one attached hydrogen (secondary N) is 1. The van der Waals surface area contributed by atoms with Gasteiger partial charge in [0.25, 0.3) is 0 Å². The zero-order chi connectivity index (χ0) is 16.4. The molecule has 0 amide bonds. The number of hydrogen-bond acceptors (Lipinski definition) is 4. The Morgan fingerprint density at radius 2 is 1.95 bits per heavy atom. The fourth-order valence-electron chi connectivity index (χ4n) is 2.10. The van der Waals surface area contributed by atoms with Crippen LogP contribution in [0.15, 0.2) is 45.9 Å². The number of hydrogen-bond donors (Lipinski definition) is 1. The fraction of sp³-hybridized carbons (Fsp3) is 0.375. The van der Waals surface area contributed by atoms with Crippen molar-refractivity contribution in [3.8, 4) is 5.75 Å². The highest BCUT2D eigenvalue weighted by atomic mass is 32.2. The van der Waals surface area contributed by atoms with Crippen molar-refractivity contribution in [2.75, 3.05) is 7.11 Å². The van der Waals surface area contributed by atoms with Crippen LogP contribution < -0.4 is 9.46 Å². The van der Waals surface area contributed by atoms with Crippen LogP contribution >= 0.6 is 0 Å². The Bertz CT molecular complexity index is 728. The Morgan fingerprint density at radius 1 is 1.23 bits per heavy atom. The molecule has 0 atom stereocenters.